The molecule has 1 fully saturated rings. The average Bonchev–Trinajstić information content (AvgIpc) is 2.70. The third-order valence-corrected chi connectivity index (χ3v) is 5.14. The van der Waals surface area contributed by atoms with Crippen molar-refractivity contribution in [3.63, 3.8) is 0 Å². The van der Waals surface area contributed by atoms with Crippen LogP contribution in [0.1, 0.15) is 18.4 Å². The Labute approximate surface area is 164 Å². The number of likely N-dealkylation sites (tertiary alicyclic amines) is 1. The highest BCUT2D eigenvalue weighted by Crippen LogP contribution is 2.24. The molecule has 0 radical (unpaired) electrons. The van der Waals surface area contributed by atoms with Gasteiger partial charge in [0.15, 0.2) is 0 Å². The highest BCUT2D eigenvalue weighted by molar-refractivity contribution is 5.93. The number of aliphatic carboxylic acids is 1. The van der Waals surface area contributed by atoms with Gasteiger partial charge in [0.1, 0.15) is 5.82 Å². The zero-order chi connectivity index (χ0) is 19.9. The molecule has 1 aliphatic rings. The fourth-order valence-corrected chi connectivity index (χ4v) is 3.67. The van der Waals surface area contributed by atoms with E-state index < -0.39 is 17.8 Å². The Balaban J connectivity index is 1.58. The van der Waals surface area contributed by atoms with E-state index >= 15 is 0 Å². The molecule has 0 spiro atoms. The molecule has 1 heterocycles. The van der Waals surface area contributed by atoms with Gasteiger partial charge in [-0.15, -0.1) is 0 Å². The number of halogens is 1. The summed E-state index contributed by atoms with van der Waals surface area (Å²) >= 11 is 0. The molecule has 1 saturated heterocycles. The van der Waals surface area contributed by atoms with E-state index in [0.29, 0.717) is 25.2 Å². The summed E-state index contributed by atoms with van der Waals surface area (Å²) in [4.78, 5) is 26.3. The summed E-state index contributed by atoms with van der Waals surface area (Å²) in [6, 6.07) is 15.7. The van der Waals surface area contributed by atoms with E-state index in [1.807, 2.05) is 18.2 Å². The number of amides is 1. The van der Waals surface area contributed by atoms with Crippen LogP contribution in [0.2, 0.25) is 0 Å². The first-order valence-electron chi connectivity index (χ1n) is 9.57. The molecule has 28 heavy (non-hydrogen) atoms. The van der Waals surface area contributed by atoms with Crippen LogP contribution in [0.5, 0.6) is 0 Å². The second-order valence-electron chi connectivity index (χ2n) is 7.31. The van der Waals surface area contributed by atoms with Gasteiger partial charge < -0.3 is 15.3 Å². The molecule has 1 aliphatic heterocycles. The molecular formula is C22H25FN2O3. The zero-order valence-corrected chi connectivity index (χ0v) is 15.7. The number of hydrogen-bond donors (Lipinski definition) is 2. The summed E-state index contributed by atoms with van der Waals surface area (Å²) in [5.74, 6) is -2.42. The maximum atomic E-state index is 13.0. The van der Waals surface area contributed by atoms with E-state index in [1.54, 1.807) is 0 Å². The number of nitrogens with zero attached hydrogens (tertiary/aromatic N) is 1. The Hall–Kier alpha value is -2.73. The second-order valence-corrected chi connectivity index (χ2v) is 7.31. The van der Waals surface area contributed by atoms with Gasteiger partial charge in [0.05, 0.1) is 11.8 Å². The van der Waals surface area contributed by atoms with Gasteiger partial charge in [0.25, 0.3) is 0 Å². The van der Waals surface area contributed by atoms with Crippen LogP contribution in [-0.2, 0) is 16.0 Å². The summed E-state index contributed by atoms with van der Waals surface area (Å²) in [6.07, 6.45) is 2.14. The molecule has 0 unspecified atom stereocenters. The van der Waals surface area contributed by atoms with Gasteiger partial charge in [-0.2, -0.15) is 0 Å². The average molecular weight is 384 g/mol. The number of carbonyl (C=O) groups is 2. The lowest BCUT2D eigenvalue weighted by Gasteiger charge is -2.35. The molecule has 5 nitrogen and oxygen atoms in total. The van der Waals surface area contributed by atoms with Crippen molar-refractivity contribution in [1.82, 2.24) is 4.90 Å². The number of anilines is 1. The lowest BCUT2D eigenvalue weighted by atomic mass is 9.88. The Morgan fingerprint density at radius 1 is 1.04 bits per heavy atom. The lowest BCUT2D eigenvalue weighted by molar-refractivity contribution is -0.145. The van der Waals surface area contributed by atoms with Crippen molar-refractivity contribution >= 4 is 17.6 Å². The first-order chi connectivity index (χ1) is 13.5. The summed E-state index contributed by atoms with van der Waals surface area (Å²) in [6.45, 7) is 1.75. The van der Waals surface area contributed by atoms with Gasteiger partial charge in [-0.1, -0.05) is 30.3 Å². The molecule has 148 valence electrons. The summed E-state index contributed by atoms with van der Waals surface area (Å²) in [5.41, 5.74) is 1.76. The number of aryl methyl sites for hydroxylation is 1. The van der Waals surface area contributed by atoms with Crippen LogP contribution >= 0.6 is 0 Å². The smallest absolute Gasteiger partial charge is 0.307 e. The first-order valence-corrected chi connectivity index (χ1v) is 9.57. The molecule has 0 bridgehead atoms. The predicted molar refractivity (Wildman–Crippen MR) is 105 cm³/mol. The lowest BCUT2D eigenvalue weighted by Crippen LogP contribution is -2.47. The van der Waals surface area contributed by atoms with E-state index in [2.05, 4.69) is 22.3 Å². The van der Waals surface area contributed by atoms with Crippen LogP contribution in [0.25, 0.3) is 0 Å². The number of carboxylic acids is 1. The molecule has 2 aromatic carbocycles. The summed E-state index contributed by atoms with van der Waals surface area (Å²) < 4.78 is 13.0. The number of piperidine rings is 1. The van der Waals surface area contributed by atoms with Crippen LogP contribution in [0.3, 0.4) is 0 Å². The number of hydrogen-bond acceptors (Lipinski definition) is 3. The fraction of sp³-hybridized carbons (Fsp3) is 0.364. The normalized spacial score (nSPS) is 19.9. The van der Waals surface area contributed by atoms with Crippen LogP contribution < -0.4 is 5.32 Å². The van der Waals surface area contributed by atoms with Gasteiger partial charge >= 0.3 is 5.97 Å². The largest absolute Gasteiger partial charge is 0.481 e. The topological polar surface area (TPSA) is 69.6 Å². The van der Waals surface area contributed by atoms with E-state index in [-0.39, 0.29) is 11.7 Å². The van der Waals surface area contributed by atoms with E-state index in [0.717, 1.165) is 19.4 Å². The third-order valence-electron chi connectivity index (χ3n) is 5.14. The Bertz CT molecular complexity index is 795. The first kappa shape index (κ1) is 20.0. The Morgan fingerprint density at radius 2 is 1.71 bits per heavy atom. The van der Waals surface area contributed by atoms with Crippen LogP contribution in [0.4, 0.5) is 10.1 Å². The Kier molecular flexibility index (Phi) is 6.76. The van der Waals surface area contributed by atoms with Crippen molar-refractivity contribution in [2.75, 3.05) is 25.0 Å². The number of carboxylic acid groups (broad SMARTS) is 1. The number of nitrogens with one attached hydrogen (secondary N) is 1. The highest BCUT2D eigenvalue weighted by Gasteiger charge is 2.34. The monoisotopic (exact) mass is 384 g/mol. The van der Waals surface area contributed by atoms with Crippen LogP contribution in [0, 0.1) is 17.7 Å². The fourth-order valence-electron chi connectivity index (χ4n) is 3.67. The molecule has 0 aromatic heterocycles. The Morgan fingerprint density at radius 3 is 2.39 bits per heavy atom. The number of carbonyl (C=O) groups excluding carboxylic acids is 1. The quantitative estimate of drug-likeness (QED) is 0.768. The van der Waals surface area contributed by atoms with Crippen molar-refractivity contribution in [1.29, 1.82) is 0 Å². The van der Waals surface area contributed by atoms with Crippen molar-refractivity contribution in [3.8, 4) is 0 Å². The summed E-state index contributed by atoms with van der Waals surface area (Å²) in [7, 11) is 0. The summed E-state index contributed by atoms with van der Waals surface area (Å²) in [5, 5.41) is 12.3. The van der Waals surface area contributed by atoms with Crippen molar-refractivity contribution in [2.24, 2.45) is 11.8 Å². The van der Waals surface area contributed by atoms with E-state index in [1.165, 1.54) is 29.8 Å². The maximum Gasteiger partial charge on any atom is 0.307 e. The van der Waals surface area contributed by atoms with Gasteiger partial charge in [0, 0.05) is 18.8 Å². The minimum absolute atomic E-state index is 0.217. The molecule has 1 amide bonds. The predicted octanol–water partition coefficient (Wildman–Crippen LogP) is 3.42. The SMILES string of the molecule is O=C(O)[C@H]1C[C@H](C(=O)Nc2ccc(F)cc2)CN(CCCc2ccccc2)C1. The molecule has 2 N–H and O–H groups in total. The minimum Gasteiger partial charge on any atom is -0.481 e. The van der Waals surface area contributed by atoms with E-state index in [4.69, 9.17) is 0 Å². The molecule has 0 saturated carbocycles. The van der Waals surface area contributed by atoms with Crippen molar-refractivity contribution in [2.45, 2.75) is 19.3 Å². The minimum atomic E-state index is -0.868. The number of rotatable bonds is 7. The van der Waals surface area contributed by atoms with Gasteiger partial charge in [-0.25, -0.2) is 4.39 Å². The van der Waals surface area contributed by atoms with Crippen molar-refractivity contribution in [3.05, 3.63) is 66.0 Å². The maximum absolute atomic E-state index is 13.0. The van der Waals surface area contributed by atoms with Gasteiger partial charge in [-0.3, -0.25) is 9.59 Å². The zero-order valence-electron chi connectivity index (χ0n) is 15.7. The van der Waals surface area contributed by atoms with Crippen LogP contribution in [0.15, 0.2) is 54.6 Å². The number of benzene rings is 2. The molecule has 2 aromatic rings. The second kappa shape index (κ2) is 9.46. The molecule has 6 heteroatoms. The molecule has 2 atom stereocenters. The van der Waals surface area contributed by atoms with Gasteiger partial charge in [0.2, 0.25) is 5.91 Å². The molecule has 3 rings (SSSR count). The standard InChI is InChI=1S/C22H25FN2O3/c23-19-8-10-20(11-9-19)24-21(26)17-13-18(22(27)28)15-25(14-17)12-4-7-16-5-2-1-3-6-16/h1-3,5-6,8-11,17-18H,4,7,12-15H2,(H,24,26)(H,27,28)/t17-,18-/m0/s1. The molecule has 0 aliphatic carbocycles. The van der Waals surface area contributed by atoms with E-state index in [9.17, 15) is 19.1 Å². The highest BCUT2D eigenvalue weighted by atomic mass is 19.1. The third kappa shape index (κ3) is 5.63. The molecular weight excluding hydrogens is 359 g/mol. The van der Waals surface area contributed by atoms with Crippen molar-refractivity contribution < 1.29 is 19.1 Å². The van der Waals surface area contributed by atoms with Crippen LogP contribution in [-0.4, -0.2) is 41.5 Å². The van der Waals surface area contributed by atoms with Gasteiger partial charge in [-0.05, 0) is 55.6 Å².